The van der Waals surface area contributed by atoms with Crippen LogP contribution in [0.2, 0.25) is 0 Å². The first kappa shape index (κ1) is 9.47. The van der Waals surface area contributed by atoms with Crippen LogP contribution >= 0.6 is 0 Å². The van der Waals surface area contributed by atoms with Gasteiger partial charge < -0.3 is 10.6 Å². The van der Waals surface area contributed by atoms with Crippen molar-refractivity contribution in [1.82, 2.24) is 4.90 Å². The van der Waals surface area contributed by atoms with Crippen LogP contribution in [-0.4, -0.2) is 30.6 Å². The molecule has 13 heavy (non-hydrogen) atoms. The monoisotopic (exact) mass is 182 g/mol. The molecule has 0 aromatic rings. The number of nitrogens with zero attached hydrogens (tertiary/aromatic N) is 1. The molecule has 0 aromatic carbocycles. The number of hydrogen-bond donors (Lipinski definition) is 1. The van der Waals surface area contributed by atoms with E-state index in [1.807, 2.05) is 0 Å². The zero-order valence-corrected chi connectivity index (χ0v) is 8.92. The average molecular weight is 182 g/mol. The van der Waals surface area contributed by atoms with Gasteiger partial charge in [0.05, 0.1) is 0 Å². The van der Waals surface area contributed by atoms with Gasteiger partial charge in [-0.1, -0.05) is 20.3 Å². The van der Waals surface area contributed by atoms with Crippen LogP contribution in [0, 0.1) is 11.3 Å². The largest absolute Gasteiger partial charge is 0.326 e. The van der Waals surface area contributed by atoms with Crippen molar-refractivity contribution in [1.29, 1.82) is 0 Å². The predicted octanol–water partition coefficient (Wildman–Crippen LogP) is 1.46. The molecule has 1 saturated heterocycles. The molecule has 0 bridgehead atoms. The van der Waals surface area contributed by atoms with Gasteiger partial charge in [-0.3, -0.25) is 0 Å². The highest BCUT2D eigenvalue weighted by molar-refractivity contribution is 5.00. The molecule has 0 aromatic heterocycles. The Balaban J connectivity index is 1.69. The van der Waals surface area contributed by atoms with Crippen LogP contribution in [0.25, 0.3) is 0 Å². The third kappa shape index (κ3) is 1.75. The van der Waals surface area contributed by atoms with Gasteiger partial charge in [-0.15, -0.1) is 0 Å². The molecule has 1 spiro atoms. The van der Waals surface area contributed by atoms with Crippen LogP contribution in [0.4, 0.5) is 0 Å². The van der Waals surface area contributed by atoms with Gasteiger partial charge in [0.25, 0.3) is 0 Å². The first-order valence-electron chi connectivity index (χ1n) is 5.59. The highest BCUT2D eigenvalue weighted by Crippen LogP contribution is 2.47. The van der Waals surface area contributed by atoms with Crippen LogP contribution in [0.15, 0.2) is 0 Å². The Morgan fingerprint density at radius 2 is 1.92 bits per heavy atom. The first-order chi connectivity index (χ1) is 6.11. The molecule has 0 amide bonds. The Kier molecular flexibility index (Phi) is 2.37. The van der Waals surface area contributed by atoms with Gasteiger partial charge in [0, 0.05) is 25.7 Å². The topological polar surface area (TPSA) is 29.3 Å². The molecular weight excluding hydrogens is 160 g/mol. The van der Waals surface area contributed by atoms with E-state index >= 15 is 0 Å². The van der Waals surface area contributed by atoms with E-state index in [2.05, 4.69) is 18.7 Å². The Morgan fingerprint density at radius 3 is 2.31 bits per heavy atom. The summed E-state index contributed by atoms with van der Waals surface area (Å²) in [4.78, 5) is 2.53. The van der Waals surface area contributed by atoms with Gasteiger partial charge >= 0.3 is 0 Å². The summed E-state index contributed by atoms with van der Waals surface area (Å²) in [5.41, 5.74) is 6.79. The lowest BCUT2D eigenvalue weighted by Crippen LogP contribution is -2.62. The summed E-state index contributed by atoms with van der Waals surface area (Å²) in [6, 6.07) is 0.373. The van der Waals surface area contributed by atoms with Gasteiger partial charge in [0.2, 0.25) is 0 Å². The van der Waals surface area contributed by atoms with Crippen molar-refractivity contribution < 1.29 is 0 Å². The van der Waals surface area contributed by atoms with Crippen molar-refractivity contribution in [3.8, 4) is 0 Å². The minimum Gasteiger partial charge on any atom is -0.326 e. The van der Waals surface area contributed by atoms with Crippen molar-refractivity contribution in [2.24, 2.45) is 17.1 Å². The molecule has 2 N–H and O–H groups in total. The molecule has 1 aliphatic heterocycles. The van der Waals surface area contributed by atoms with E-state index in [1.54, 1.807) is 0 Å². The Hall–Kier alpha value is -0.0800. The first-order valence-corrected chi connectivity index (χ1v) is 5.59. The molecule has 1 aliphatic carbocycles. The molecule has 76 valence electrons. The third-order valence-electron chi connectivity index (χ3n) is 3.86. The van der Waals surface area contributed by atoms with Crippen LogP contribution < -0.4 is 5.73 Å². The maximum Gasteiger partial charge on any atom is 0.0191 e. The van der Waals surface area contributed by atoms with Gasteiger partial charge in [0.15, 0.2) is 0 Å². The molecule has 2 rings (SSSR count). The summed E-state index contributed by atoms with van der Waals surface area (Å²) in [5, 5.41) is 0. The SMILES string of the molecule is CC(C)C(N)CN1CC2(CCC2)C1. The van der Waals surface area contributed by atoms with Crippen LogP contribution in [0.1, 0.15) is 33.1 Å². The van der Waals surface area contributed by atoms with E-state index in [4.69, 9.17) is 5.73 Å². The summed E-state index contributed by atoms with van der Waals surface area (Å²) < 4.78 is 0. The Morgan fingerprint density at radius 1 is 1.31 bits per heavy atom. The van der Waals surface area contributed by atoms with Crippen molar-refractivity contribution in [3.05, 3.63) is 0 Å². The van der Waals surface area contributed by atoms with Crippen LogP contribution in [0.5, 0.6) is 0 Å². The highest BCUT2D eigenvalue weighted by Gasteiger charge is 2.47. The zero-order chi connectivity index (χ0) is 9.47. The summed E-state index contributed by atoms with van der Waals surface area (Å²) >= 11 is 0. The quantitative estimate of drug-likeness (QED) is 0.716. The molecule has 2 aliphatic rings. The summed E-state index contributed by atoms with van der Waals surface area (Å²) in [6.45, 7) is 8.19. The molecular formula is C11H22N2. The van der Waals surface area contributed by atoms with Gasteiger partial charge in [-0.05, 0) is 24.2 Å². The fraction of sp³-hybridized carbons (Fsp3) is 1.00. The molecule has 2 heteroatoms. The van der Waals surface area contributed by atoms with E-state index in [0.29, 0.717) is 12.0 Å². The van der Waals surface area contributed by atoms with Gasteiger partial charge in [-0.2, -0.15) is 0 Å². The Bertz CT molecular complexity index is 177. The second-order valence-electron chi connectivity index (χ2n) is 5.43. The zero-order valence-electron chi connectivity index (χ0n) is 8.92. The fourth-order valence-electron chi connectivity index (χ4n) is 2.53. The van der Waals surface area contributed by atoms with Crippen molar-refractivity contribution in [2.45, 2.75) is 39.2 Å². The number of likely N-dealkylation sites (tertiary alicyclic amines) is 1. The average Bonchev–Trinajstić information content (AvgIpc) is 1.90. The van der Waals surface area contributed by atoms with E-state index < -0.39 is 0 Å². The standard InChI is InChI=1S/C11H22N2/c1-9(2)10(12)6-13-7-11(8-13)4-3-5-11/h9-10H,3-8,12H2,1-2H3. The normalized spacial score (nSPS) is 28.6. The minimum atomic E-state index is 0.373. The third-order valence-corrected chi connectivity index (χ3v) is 3.86. The second kappa shape index (κ2) is 3.25. The molecule has 1 unspecified atom stereocenters. The summed E-state index contributed by atoms with van der Waals surface area (Å²) in [7, 11) is 0. The van der Waals surface area contributed by atoms with Gasteiger partial charge in [0.1, 0.15) is 0 Å². The fourth-order valence-corrected chi connectivity index (χ4v) is 2.53. The smallest absolute Gasteiger partial charge is 0.0191 e. The molecule has 0 radical (unpaired) electrons. The van der Waals surface area contributed by atoms with E-state index in [-0.39, 0.29) is 0 Å². The van der Waals surface area contributed by atoms with Crippen molar-refractivity contribution >= 4 is 0 Å². The predicted molar refractivity (Wildman–Crippen MR) is 55.5 cm³/mol. The number of rotatable bonds is 3. The molecule has 1 atom stereocenters. The molecule has 1 heterocycles. The van der Waals surface area contributed by atoms with Crippen molar-refractivity contribution in [3.63, 3.8) is 0 Å². The number of nitrogens with two attached hydrogens (primary N) is 1. The lowest BCUT2D eigenvalue weighted by atomic mass is 9.63. The van der Waals surface area contributed by atoms with Crippen molar-refractivity contribution in [2.75, 3.05) is 19.6 Å². The van der Waals surface area contributed by atoms with Crippen LogP contribution in [-0.2, 0) is 0 Å². The highest BCUT2D eigenvalue weighted by atomic mass is 15.2. The van der Waals surface area contributed by atoms with E-state index in [9.17, 15) is 0 Å². The lowest BCUT2D eigenvalue weighted by molar-refractivity contribution is -0.0635. The number of hydrogen-bond acceptors (Lipinski definition) is 2. The maximum atomic E-state index is 6.03. The lowest BCUT2D eigenvalue weighted by Gasteiger charge is -2.56. The molecule has 1 saturated carbocycles. The summed E-state index contributed by atoms with van der Waals surface area (Å²) in [6.07, 6.45) is 4.41. The second-order valence-corrected chi connectivity index (χ2v) is 5.43. The Labute approximate surface area is 81.5 Å². The minimum absolute atomic E-state index is 0.373. The maximum absolute atomic E-state index is 6.03. The van der Waals surface area contributed by atoms with E-state index in [1.165, 1.54) is 32.4 Å². The summed E-state index contributed by atoms with van der Waals surface area (Å²) in [5.74, 6) is 0.623. The van der Waals surface area contributed by atoms with Gasteiger partial charge in [-0.25, -0.2) is 0 Å². The molecule has 2 fully saturated rings. The van der Waals surface area contributed by atoms with E-state index in [0.717, 1.165) is 12.0 Å². The molecule has 2 nitrogen and oxygen atoms in total. The van der Waals surface area contributed by atoms with Crippen LogP contribution in [0.3, 0.4) is 0 Å².